The van der Waals surface area contributed by atoms with Gasteiger partial charge in [-0.3, -0.25) is 10.1 Å². The minimum atomic E-state index is -1.04. The lowest BCUT2D eigenvalue weighted by Crippen LogP contribution is -2.34. The fourth-order valence-electron chi connectivity index (χ4n) is 1.03. The monoisotopic (exact) mass is 147 g/mol. The molecular formula is C6H10FNO2. The molecule has 1 aliphatic heterocycles. The largest absolute Gasteiger partial charge is 0.468 e. The molecule has 0 spiro atoms. The minimum absolute atomic E-state index is 0.375. The van der Waals surface area contributed by atoms with Gasteiger partial charge in [-0.1, -0.05) is 0 Å². The number of methoxy groups -OCH3 is 1. The Balaban J connectivity index is 2.37. The van der Waals surface area contributed by atoms with E-state index >= 15 is 0 Å². The number of hydrogen-bond donors (Lipinski definition) is 1. The highest BCUT2D eigenvalue weighted by Gasteiger charge is 2.29. The molecule has 0 radical (unpaired) electrons. The van der Waals surface area contributed by atoms with Crippen LogP contribution < -0.4 is 5.32 Å². The summed E-state index contributed by atoms with van der Waals surface area (Å²) in [6.07, 6.45) is -0.0998. The Hall–Kier alpha value is -0.640. The van der Waals surface area contributed by atoms with Crippen molar-refractivity contribution < 1.29 is 13.9 Å². The number of esters is 1. The molecule has 1 rings (SSSR count). The normalized spacial score (nSPS) is 32.2. The van der Waals surface area contributed by atoms with Crippen LogP contribution in [0.25, 0.3) is 0 Å². The topological polar surface area (TPSA) is 38.3 Å². The summed E-state index contributed by atoms with van der Waals surface area (Å²) in [5.41, 5.74) is 0. The van der Waals surface area contributed by atoms with Crippen molar-refractivity contribution in [3.05, 3.63) is 0 Å². The lowest BCUT2D eigenvalue weighted by Gasteiger charge is -2.06. The van der Waals surface area contributed by atoms with Gasteiger partial charge in [0.2, 0.25) is 0 Å². The maximum atomic E-state index is 12.4. The zero-order valence-corrected chi connectivity index (χ0v) is 5.76. The van der Waals surface area contributed by atoms with Gasteiger partial charge in [-0.2, -0.15) is 0 Å². The van der Waals surface area contributed by atoms with E-state index in [1.807, 2.05) is 0 Å². The van der Waals surface area contributed by atoms with Crippen LogP contribution in [0.3, 0.4) is 0 Å². The minimum Gasteiger partial charge on any atom is -0.468 e. The molecule has 0 aromatic rings. The highest BCUT2D eigenvalue weighted by molar-refractivity contribution is 5.75. The second kappa shape index (κ2) is 2.96. The van der Waals surface area contributed by atoms with Gasteiger partial charge in [0.05, 0.1) is 7.11 Å². The maximum absolute atomic E-state index is 12.4. The average molecular weight is 147 g/mol. The SMILES string of the molecule is COC(=O)[C@H]1CC[C@H](F)N1. The van der Waals surface area contributed by atoms with Crippen molar-refractivity contribution in [1.82, 2.24) is 5.32 Å². The molecule has 0 saturated carbocycles. The Kier molecular flexibility index (Phi) is 2.21. The molecule has 58 valence electrons. The summed E-state index contributed by atoms with van der Waals surface area (Å²) in [5, 5.41) is 2.46. The van der Waals surface area contributed by atoms with E-state index in [1.54, 1.807) is 0 Å². The number of carbonyl (C=O) groups excluding carboxylic acids is 1. The summed E-state index contributed by atoms with van der Waals surface area (Å²) < 4.78 is 16.8. The molecule has 0 aromatic carbocycles. The van der Waals surface area contributed by atoms with Gasteiger partial charge in [0, 0.05) is 0 Å². The van der Waals surface area contributed by atoms with Crippen molar-refractivity contribution in [1.29, 1.82) is 0 Å². The van der Waals surface area contributed by atoms with E-state index in [2.05, 4.69) is 10.1 Å². The van der Waals surface area contributed by atoms with Crippen LogP contribution in [0, 0.1) is 0 Å². The van der Waals surface area contributed by atoms with E-state index in [0.717, 1.165) is 0 Å². The smallest absolute Gasteiger partial charge is 0.322 e. The molecule has 4 heteroatoms. The van der Waals surface area contributed by atoms with E-state index in [4.69, 9.17) is 0 Å². The number of ether oxygens (including phenoxy) is 1. The summed E-state index contributed by atoms with van der Waals surface area (Å²) in [6.45, 7) is 0. The number of rotatable bonds is 1. The second-order valence-electron chi connectivity index (χ2n) is 2.29. The van der Waals surface area contributed by atoms with Crippen LogP contribution in [0.5, 0.6) is 0 Å². The van der Waals surface area contributed by atoms with Crippen LogP contribution in [0.2, 0.25) is 0 Å². The molecule has 1 N–H and O–H groups in total. The van der Waals surface area contributed by atoms with Crippen LogP contribution in [0.4, 0.5) is 4.39 Å². The molecule has 10 heavy (non-hydrogen) atoms. The first kappa shape index (κ1) is 7.47. The summed E-state index contributed by atoms with van der Waals surface area (Å²) in [4.78, 5) is 10.7. The summed E-state index contributed by atoms with van der Waals surface area (Å²) in [6, 6.07) is -0.431. The van der Waals surface area contributed by atoms with Crippen molar-refractivity contribution >= 4 is 5.97 Å². The number of nitrogens with one attached hydrogen (secondary N) is 1. The molecule has 0 aliphatic carbocycles. The third-order valence-electron chi connectivity index (χ3n) is 1.58. The molecule has 0 unspecified atom stereocenters. The quantitative estimate of drug-likeness (QED) is 0.425. The highest BCUT2D eigenvalue weighted by Crippen LogP contribution is 2.13. The summed E-state index contributed by atoms with van der Waals surface area (Å²) >= 11 is 0. The van der Waals surface area contributed by atoms with Crippen LogP contribution in [0.1, 0.15) is 12.8 Å². The van der Waals surface area contributed by atoms with Gasteiger partial charge in [-0.05, 0) is 12.8 Å². The van der Waals surface area contributed by atoms with E-state index in [-0.39, 0.29) is 5.97 Å². The lowest BCUT2D eigenvalue weighted by atomic mass is 10.2. The molecule has 0 bridgehead atoms. The van der Waals surface area contributed by atoms with E-state index in [1.165, 1.54) is 7.11 Å². The molecule has 1 fully saturated rings. The third-order valence-corrected chi connectivity index (χ3v) is 1.58. The van der Waals surface area contributed by atoms with Crippen molar-refractivity contribution in [3.8, 4) is 0 Å². The second-order valence-corrected chi connectivity index (χ2v) is 2.29. The first-order valence-corrected chi connectivity index (χ1v) is 3.22. The molecule has 3 nitrogen and oxygen atoms in total. The van der Waals surface area contributed by atoms with Gasteiger partial charge in [0.15, 0.2) is 6.30 Å². The van der Waals surface area contributed by atoms with Crippen molar-refractivity contribution in [2.45, 2.75) is 25.2 Å². The fourth-order valence-corrected chi connectivity index (χ4v) is 1.03. The molecule has 0 aromatic heterocycles. The fraction of sp³-hybridized carbons (Fsp3) is 0.833. The van der Waals surface area contributed by atoms with Gasteiger partial charge in [-0.25, -0.2) is 4.39 Å². The molecule has 1 saturated heterocycles. The number of alkyl halides is 1. The number of hydrogen-bond acceptors (Lipinski definition) is 3. The Morgan fingerprint density at radius 2 is 2.40 bits per heavy atom. The van der Waals surface area contributed by atoms with E-state index in [9.17, 15) is 9.18 Å². The third kappa shape index (κ3) is 1.44. The van der Waals surface area contributed by atoms with Crippen molar-refractivity contribution in [2.24, 2.45) is 0 Å². The average Bonchev–Trinajstić information content (AvgIpc) is 2.34. The zero-order valence-electron chi connectivity index (χ0n) is 5.76. The highest BCUT2D eigenvalue weighted by atomic mass is 19.1. The van der Waals surface area contributed by atoms with Crippen LogP contribution in [-0.4, -0.2) is 25.4 Å². The predicted molar refractivity (Wildman–Crippen MR) is 33.1 cm³/mol. The Morgan fingerprint density at radius 3 is 2.80 bits per heavy atom. The number of halogens is 1. The Bertz CT molecular complexity index is 140. The van der Waals surface area contributed by atoms with Crippen LogP contribution >= 0.6 is 0 Å². The van der Waals surface area contributed by atoms with Crippen LogP contribution in [0.15, 0.2) is 0 Å². The summed E-state index contributed by atoms with van der Waals surface area (Å²) in [5.74, 6) is -0.375. The number of carbonyl (C=O) groups is 1. The first-order valence-electron chi connectivity index (χ1n) is 3.22. The molecule has 2 atom stereocenters. The van der Waals surface area contributed by atoms with E-state index < -0.39 is 12.3 Å². The van der Waals surface area contributed by atoms with Crippen molar-refractivity contribution in [3.63, 3.8) is 0 Å². The Morgan fingerprint density at radius 1 is 1.70 bits per heavy atom. The first-order chi connectivity index (χ1) is 4.74. The zero-order chi connectivity index (χ0) is 7.56. The Labute approximate surface area is 58.5 Å². The van der Waals surface area contributed by atoms with Crippen molar-refractivity contribution in [2.75, 3.05) is 7.11 Å². The lowest BCUT2D eigenvalue weighted by molar-refractivity contribution is -0.142. The van der Waals surface area contributed by atoms with Gasteiger partial charge in [0.25, 0.3) is 0 Å². The standard InChI is InChI=1S/C6H10FNO2/c1-10-6(9)4-2-3-5(7)8-4/h4-5,8H,2-3H2,1H3/t4-,5-/m1/s1. The van der Waals surface area contributed by atoms with Crippen LogP contribution in [-0.2, 0) is 9.53 Å². The predicted octanol–water partition coefficient (Wildman–Crippen LogP) is 0.207. The van der Waals surface area contributed by atoms with E-state index in [0.29, 0.717) is 12.8 Å². The molecule has 1 aliphatic rings. The van der Waals surface area contributed by atoms with Gasteiger partial charge in [0.1, 0.15) is 6.04 Å². The molecule has 0 amide bonds. The summed E-state index contributed by atoms with van der Waals surface area (Å²) in [7, 11) is 1.30. The van der Waals surface area contributed by atoms with Gasteiger partial charge in [-0.15, -0.1) is 0 Å². The van der Waals surface area contributed by atoms with Gasteiger partial charge < -0.3 is 4.74 Å². The molecule has 1 heterocycles. The maximum Gasteiger partial charge on any atom is 0.322 e. The van der Waals surface area contributed by atoms with Gasteiger partial charge >= 0.3 is 5.97 Å². The molecular weight excluding hydrogens is 137 g/mol.